The summed E-state index contributed by atoms with van der Waals surface area (Å²) >= 11 is 1.43. The maximum atomic E-state index is 14.1. The molecule has 3 amide bonds. The van der Waals surface area contributed by atoms with Crippen LogP contribution in [0.2, 0.25) is 0 Å². The van der Waals surface area contributed by atoms with Crippen molar-refractivity contribution in [2.75, 3.05) is 39.3 Å². The smallest absolute Gasteiger partial charge is 0.338 e. The van der Waals surface area contributed by atoms with Crippen molar-refractivity contribution in [3.63, 3.8) is 0 Å². The number of ether oxygens (including phenoxy) is 1. The standard InChI is InChI=1S/C26H31FN4O4S/c1-4-30-20(16-29-11-12-31(17(3)15-29)24(32)21-10-7-13-36-21)22(25(33)35-5-2)23(28-26(30)34)18-8-6-9-19(27)14-18/h6-10,13-14,17,23H,4-5,11-12,15-16H2,1-3H3,(H,28,34)/t17-,23-/m1/s1. The van der Waals surface area contributed by atoms with Gasteiger partial charge in [-0.05, 0) is 49.9 Å². The van der Waals surface area contributed by atoms with Gasteiger partial charge in [-0.3, -0.25) is 14.6 Å². The van der Waals surface area contributed by atoms with Crippen molar-refractivity contribution in [2.24, 2.45) is 0 Å². The van der Waals surface area contributed by atoms with Gasteiger partial charge in [0, 0.05) is 44.5 Å². The topological polar surface area (TPSA) is 82.2 Å². The molecular formula is C26H31FN4O4S. The normalized spacial score (nSPS) is 20.9. The lowest BCUT2D eigenvalue weighted by atomic mass is 9.94. The van der Waals surface area contributed by atoms with Gasteiger partial charge in [0.2, 0.25) is 0 Å². The van der Waals surface area contributed by atoms with E-state index in [0.29, 0.717) is 54.4 Å². The Kier molecular flexibility index (Phi) is 8.05. The number of carbonyl (C=O) groups excluding carboxylic acids is 3. The molecule has 1 aromatic carbocycles. The minimum absolute atomic E-state index is 0.0157. The van der Waals surface area contributed by atoms with Gasteiger partial charge >= 0.3 is 12.0 Å². The Morgan fingerprint density at radius 1 is 1.19 bits per heavy atom. The van der Waals surface area contributed by atoms with Crippen molar-refractivity contribution < 1.29 is 23.5 Å². The Labute approximate surface area is 214 Å². The molecular weight excluding hydrogens is 483 g/mol. The van der Waals surface area contributed by atoms with E-state index in [1.165, 1.54) is 28.4 Å². The molecule has 2 atom stereocenters. The van der Waals surface area contributed by atoms with E-state index in [-0.39, 0.29) is 24.6 Å². The molecule has 0 saturated carbocycles. The van der Waals surface area contributed by atoms with Crippen LogP contribution in [0.4, 0.5) is 9.18 Å². The molecule has 2 aliphatic rings. The number of esters is 1. The summed E-state index contributed by atoms with van der Waals surface area (Å²) in [5.41, 5.74) is 1.31. The van der Waals surface area contributed by atoms with Gasteiger partial charge in [-0.25, -0.2) is 14.0 Å². The fourth-order valence-electron chi connectivity index (χ4n) is 4.83. The fraction of sp³-hybridized carbons (Fsp3) is 0.423. The SMILES string of the molecule is CCOC(=O)C1=C(CN2CCN(C(=O)c3cccs3)[C@H](C)C2)N(CC)C(=O)N[C@@H]1c1cccc(F)c1. The predicted octanol–water partition coefficient (Wildman–Crippen LogP) is 3.64. The lowest BCUT2D eigenvalue weighted by Gasteiger charge is -2.42. The zero-order valence-corrected chi connectivity index (χ0v) is 21.5. The molecule has 0 aliphatic carbocycles. The zero-order valence-electron chi connectivity index (χ0n) is 20.7. The first-order valence-corrected chi connectivity index (χ1v) is 13.0. The Morgan fingerprint density at radius 2 is 2.00 bits per heavy atom. The molecule has 10 heteroatoms. The molecule has 1 fully saturated rings. The number of halogens is 1. The average Bonchev–Trinajstić information content (AvgIpc) is 3.39. The number of hydrogen-bond donors (Lipinski definition) is 1. The summed E-state index contributed by atoms with van der Waals surface area (Å²) in [6, 6.07) is 8.34. The Hall–Kier alpha value is -3.24. The summed E-state index contributed by atoms with van der Waals surface area (Å²) in [4.78, 5) is 45.4. The average molecular weight is 515 g/mol. The molecule has 2 aliphatic heterocycles. The molecule has 1 aromatic heterocycles. The van der Waals surface area contributed by atoms with E-state index in [4.69, 9.17) is 4.74 Å². The highest BCUT2D eigenvalue weighted by Gasteiger charge is 2.39. The number of likely N-dealkylation sites (N-methyl/N-ethyl adjacent to an activating group) is 1. The number of hydrogen-bond acceptors (Lipinski definition) is 6. The molecule has 192 valence electrons. The lowest BCUT2D eigenvalue weighted by molar-refractivity contribution is -0.139. The highest BCUT2D eigenvalue weighted by molar-refractivity contribution is 7.12. The number of piperazine rings is 1. The van der Waals surface area contributed by atoms with Gasteiger partial charge in [-0.1, -0.05) is 18.2 Å². The second-order valence-corrected chi connectivity index (χ2v) is 9.77. The highest BCUT2D eigenvalue weighted by atomic mass is 32.1. The Morgan fingerprint density at radius 3 is 2.64 bits per heavy atom. The van der Waals surface area contributed by atoms with Crippen molar-refractivity contribution in [3.8, 4) is 0 Å². The summed E-state index contributed by atoms with van der Waals surface area (Å²) in [7, 11) is 0. The quantitative estimate of drug-likeness (QED) is 0.571. The number of thiophene rings is 1. The molecule has 1 saturated heterocycles. The molecule has 0 bridgehead atoms. The molecule has 3 heterocycles. The molecule has 36 heavy (non-hydrogen) atoms. The third kappa shape index (κ3) is 5.29. The first kappa shape index (κ1) is 25.8. The second kappa shape index (κ2) is 11.2. The highest BCUT2D eigenvalue weighted by Crippen LogP contribution is 2.32. The number of carbonyl (C=O) groups is 3. The van der Waals surface area contributed by atoms with E-state index in [1.54, 1.807) is 19.1 Å². The van der Waals surface area contributed by atoms with E-state index in [9.17, 15) is 18.8 Å². The van der Waals surface area contributed by atoms with Gasteiger partial charge in [-0.2, -0.15) is 0 Å². The minimum Gasteiger partial charge on any atom is -0.463 e. The van der Waals surface area contributed by atoms with E-state index in [2.05, 4.69) is 10.2 Å². The fourth-order valence-corrected chi connectivity index (χ4v) is 5.50. The second-order valence-electron chi connectivity index (χ2n) is 8.82. The van der Waals surface area contributed by atoms with Gasteiger partial charge in [0.05, 0.1) is 23.1 Å². The number of nitrogens with zero attached hydrogens (tertiary/aromatic N) is 3. The van der Waals surface area contributed by atoms with Crippen molar-refractivity contribution >= 4 is 29.2 Å². The zero-order chi connectivity index (χ0) is 25.8. The Bertz CT molecular complexity index is 1150. The van der Waals surface area contributed by atoms with Crippen molar-refractivity contribution in [1.82, 2.24) is 20.0 Å². The maximum Gasteiger partial charge on any atom is 0.338 e. The summed E-state index contributed by atoms with van der Waals surface area (Å²) in [6.07, 6.45) is 0. The van der Waals surface area contributed by atoms with Gasteiger partial charge < -0.3 is 15.0 Å². The van der Waals surface area contributed by atoms with Gasteiger partial charge in [0.15, 0.2) is 0 Å². The first-order valence-electron chi connectivity index (χ1n) is 12.1. The van der Waals surface area contributed by atoms with Gasteiger partial charge in [0.25, 0.3) is 5.91 Å². The number of benzene rings is 1. The summed E-state index contributed by atoms with van der Waals surface area (Å²) in [5.74, 6) is -0.980. The van der Waals surface area contributed by atoms with Crippen LogP contribution in [0.1, 0.15) is 42.0 Å². The van der Waals surface area contributed by atoms with Crippen LogP contribution in [0.25, 0.3) is 0 Å². The summed E-state index contributed by atoms with van der Waals surface area (Å²) in [6.45, 7) is 8.12. The molecule has 0 spiro atoms. The van der Waals surface area contributed by atoms with Crippen LogP contribution in [-0.2, 0) is 9.53 Å². The molecule has 1 N–H and O–H groups in total. The third-order valence-electron chi connectivity index (χ3n) is 6.51. The van der Waals surface area contributed by atoms with Crippen molar-refractivity contribution in [2.45, 2.75) is 32.9 Å². The number of urea groups is 1. The van der Waals surface area contributed by atoms with Crippen LogP contribution in [-0.4, -0.2) is 78.0 Å². The van der Waals surface area contributed by atoms with E-state index in [1.807, 2.05) is 36.3 Å². The molecule has 8 nitrogen and oxygen atoms in total. The molecule has 2 aromatic rings. The van der Waals surface area contributed by atoms with Crippen LogP contribution < -0.4 is 5.32 Å². The molecule has 4 rings (SSSR count). The minimum atomic E-state index is -0.829. The predicted molar refractivity (Wildman–Crippen MR) is 135 cm³/mol. The monoisotopic (exact) mass is 514 g/mol. The van der Waals surface area contributed by atoms with Gasteiger partial charge in [-0.15, -0.1) is 11.3 Å². The largest absolute Gasteiger partial charge is 0.463 e. The van der Waals surface area contributed by atoms with Gasteiger partial charge in [0.1, 0.15) is 5.82 Å². The van der Waals surface area contributed by atoms with E-state index in [0.717, 1.165) is 0 Å². The van der Waals surface area contributed by atoms with Crippen molar-refractivity contribution in [3.05, 3.63) is 69.3 Å². The summed E-state index contributed by atoms with van der Waals surface area (Å²) < 4.78 is 19.4. The number of nitrogens with one attached hydrogen (secondary N) is 1. The van der Waals surface area contributed by atoms with E-state index < -0.39 is 17.8 Å². The van der Waals surface area contributed by atoms with Crippen LogP contribution in [0.5, 0.6) is 0 Å². The van der Waals surface area contributed by atoms with Crippen LogP contribution >= 0.6 is 11.3 Å². The van der Waals surface area contributed by atoms with Crippen LogP contribution in [0.15, 0.2) is 53.0 Å². The summed E-state index contributed by atoms with van der Waals surface area (Å²) in [5, 5.41) is 4.74. The third-order valence-corrected chi connectivity index (χ3v) is 7.37. The molecule has 0 unspecified atom stereocenters. The van der Waals surface area contributed by atoms with Crippen LogP contribution in [0, 0.1) is 5.82 Å². The number of amides is 3. The molecule has 0 radical (unpaired) electrons. The van der Waals surface area contributed by atoms with E-state index >= 15 is 0 Å². The van der Waals surface area contributed by atoms with Crippen molar-refractivity contribution in [1.29, 1.82) is 0 Å². The number of rotatable bonds is 7. The maximum absolute atomic E-state index is 14.1. The lowest BCUT2D eigenvalue weighted by Crippen LogP contribution is -2.56. The first-order chi connectivity index (χ1) is 17.3. The Balaban J connectivity index is 1.64. The van der Waals surface area contributed by atoms with Crippen LogP contribution in [0.3, 0.4) is 0 Å².